The molecule has 1 aromatic carbocycles. The van der Waals surface area contributed by atoms with Crippen molar-refractivity contribution in [2.45, 2.75) is 66.3 Å². The van der Waals surface area contributed by atoms with Gasteiger partial charge in [0.1, 0.15) is 0 Å². The smallest absolute Gasteiger partial charge is 0.241 e. The van der Waals surface area contributed by atoms with Crippen LogP contribution in [-0.4, -0.2) is 13.4 Å². The molecule has 0 aliphatic carbocycles. The molecule has 24 heavy (non-hydrogen) atoms. The summed E-state index contributed by atoms with van der Waals surface area (Å²) in [6, 6.07) is -0.304. The van der Waals surface area contributed by atoms with Crippen molar-refractivity contribution in [1.82, 2.24) is 9.71 Å². The molecule has 0 bridgehead atoms. The van der Waals surface area contributed by atoms with Crippen molar-refractivity contribution in [2.75, 3.05) is 0 Å². The van der Waals surface area contributed by atoms with Crippen molar-refractivity contribution in [3.05, 3.63) is 43.4 Å². The second-order valence-electron chi connectivity index (χ2n) is 6.48. The predicted molar refractivity (Wildman–Crippen MR) is 100 cm³/mol. The van der Waals surface area contributed by atoms with Crippen molar-refractivity contribution < 1.29 is 8.42 Å². The minimum Gasteiger partial charge on any atom is -0.247 e. The van der Waals surface area contributed by atoms with Crippen LogP contribution in [0.25, 0.3) is 0 Å². The second-order valence-corrected chi connectivity index (χ2v) is 9.37. The van der Waals surface area contributed by atoms with Gasteiger partial charge < -0.3 is 0 Å². The van der Waals surface area contributed by atoms with Crippen LogP contribution in [0.2, 0.25) is 0 Å². The SMILES string of the molecule is Cc1nc(C)c(C(C)NS(=O)(=O)c2c(C)c(C)c(C)c(C)c2C)s1. The Morgan fingerprint density at radius 1 is 0.875 bits per heavy atom. The van der Waals surface area contributed by atoms with Crippen LogP contribution >= 0.6 is 11.3 Å². The van der Waals surface area contributed by atoms with E-state index in [1.807, 2.05) is 55.4 Å². The van der Waals surface area contributed by atoms with E-state index in [0.29, 0.717) is 4.90 Å². The average molecular weight is 367 g/mol. The van der Waals surface area contributed by atoms with Gasteiger partial charge in [0.05, 0.1) is 21.6 Å². The van der Waals surface area contributed by atoms with E-state index in [4.69, 9.17) is 0 Å². The number of nitrogens with zero attached hydrogens (tertiary/aromatic N) is 1. The largest absolute Gasteiger partial charge is 0.247 e. The van der Waals surface area contributed by atoms with Gasteiger partial charge in [-0.2, -0.15) is 0 Å². The normalized spacial score (nSPS) is 13.3. The molecule has 1 atom stereocenters. The third-order valence-corrected chi connectivity index (χ3v) is 7.93. The molecule has 1 unspecified atom stereocenters. The van der Waals surface area contributed by atoms with Crippen molar-refractivity contribution in [1.29, 1.82) is 0 Å². The maximum atomic E-state index is 13.1. The van der Waals surface area contributed by atoms with Gasteiger partial charge in [-0.25, -0.2) is 18.1 Å². The standard InChI is InChI=1S/C18H26N2O2S2/c1-9-10(2)12(4)18(13(5)11(9)3)24(21,22)20-15(7)17-14(6)19-16(8)23-17/h15,20H,1-8H3. The molecule has 0 radical (unpaired) electrons. The predicted octanol–water partition coefficient (Wildman–Crippen LogP) is 4.34. The number of benzene rings is 1. The Labute approximate surface area is 149 Å². The number of rotatable bonds is 4. The van der Waals surface area contributed by atoms with Gasteiger partial charge in [-0.15, -0.1) is 11.3 Å². The molecule has 0 fully saturated rings. The fourth-order valence-electron chi connectivity index (χ4n) is 3.16. The molecule has 0 amide bonds. The molecule has 4 nitrogen and oxygen atoms in total. The highest BCUT2D eigenvalue weighted by Gasteiger charge is 2.26. The molecule has 1 N–H and O–H groups in total. The summed E-state index contributed by atoms with van der Waals surface area (Å²) in [4.78, 5) is 5.77. The summed E-state index contributed by atoms with van der Waals surface area (Å²) in [7, 11) is -3.61. The van der Waals surface area contributed by atoms with Crippen LogP contribution in [-0.2, 0) is 10.0 Å². The van der Waals surface area contributed by atoms with Gasteiger partial charge >= 0.3 is 0 Å². The Balaban J connectivity index is 2.51. The highest BCUT2D eigenvalue weighted by Crippen LogP contribution is 2.31. The molecule has 0 spiro atoms. The van der Waals surface area contributed by atoms with Crippen molar-refractivity contribution in [3.63, 3.8) is 0 Å². The van der Waals surface area contributed by atoms with Gasteiger partial charge in [0, 0.05) is 4.88 Å². The number of hydrogen-bond donors (Lipinski definition) is 1. The summed E-state index contributed by atoms with van der Waals surface area (Å²) in [5, 5.41) is 0.947. The van der Waals surface area contributed by atoms with Crippen LogP contribution in [0.1, 0.15) is 56.4 Å². The molecule has 0 saturated carbocycles. The monoisotopic (exact) mass is 366 g/mol. The number of sulfonamides is 1. The number of aryl methyl sites for hydroxylation is 2. The van der Waals surface area contributed by atoms with Gasteiger partial charge in [-0.1, -0.05) is 0 Å². The summed E-state index contributed by atoms with van der Waals surface area (Å²) in [6.07, 6.45) is 0. The highest BCUT2D eigenvalue weighted by atomic mass is 32.2. The molecule has 0 aliphatic rings. The van der Waals surface area contributed by atoms with Gasteiger partial charge in [-0.05, 0) is 83.2 Å². The lowest BCUT2D eigenvalue weighted by Gasteiger charge is -2.21. The van der Waals surface area contributed by atoms with E-state index < -0.39 is 10.0 Å². The molecule has 1 heterocycles. The fourth-order valence-corrected chi connectivity index (χ4v) is 5.98. The fraction of sp³-hybridized carbons (Fsp3) is 0.500. The zero-order valence-corrected chi connectivity index (χ0v) is 17.3. The number of thiazole rings is 1. The van der Waals surface area contributed by atoms with E-state index in [-0.39, 0.29) is 6.04 Å². The Morgan fingerprint density at radius 3 is 1.75 bits per heavy atom. The van der Waals surface area contributed by atoms with Gasteiger partial charge in [-0.3, -0.25) is 0 Å². The summed E-state index contributed by atoms with van der Waals surface area (Å²) in [5.74, 6) is 0. The number of aromatic nitrogens is 1. The van der Waals surface area contributed by atoms with Gasteiger partial charge in [0.2, 0.25) is 10.0 Å². The first-order valence-corrected chi connectivity index (χ1v) is 10.3. The minimum absolute atomic E-state index is 0.304. The molecule has 0 saturated heterocycles. The molecule has 6 heteroatoms. The van der Waals surface area contributed by atoms with Crippen molar-refractivity contribution in [3.8, 4) is 0 Å². The van der Waals surface area contributed by atoms with Crippen LogP contribution in [0.3, 0.4) is 0 Å². The summed E-state index contributed by atoms with van der Waals surface area (Å²) in [6.45, 7) is 15.5. The first kappa shape index (κ1) is 19.1. The van der Waals surface area contributed by atoms with E-state index in [1.54, 1.807) is 0 Å². The lowest BCUT2D eigenvalue weighted by molar-refractivity contribution is 0.566. The van der Waals surface area contributed by atoms with E-state index >= 15 is 0 Å². The van der Waals surface area contributed by atoms with Crippen LogP contribution in [0, 0.1) is 48.5 Å². The van der Waals surface area contributed by atoms with Crippen LogP contribution in [0.4, 0.5) is 0 Å². The van der Waals surface area contributed by atoms with E-state index in [0.717, 1.165) is 43.4 Å². The molecule has 132 valence electrons. The van der Waals surface area contributed by atoms with Crippen LogP contribution in [0.5, 0.6) is 0 Å². The minimum atomic E-state index is -3.61. The quantitative estimate of drug-likeness (QED) is 0.875. The second kappa shape index (κ2) is 6.58. The third-order valence-electron chi connectivity index (χ3n) is 4.86. The Morgan fingerprint density at radius 2 is 1.33 bits per heavy atom. The molecule has 2 rings (SSSR count). The lowest BCUT2D eigenvalue weighted by Crippen LogP contribution is -2.28. The van der Waals surface area contributed by atoms with Crippen molar-refractivity contribution >= 4 is 21.4 Å². The summed E-state index contributed by atoms with van der Waals surface area (Å²) < 4.78 is 29.0. The van der Waals surface area contributed by atoms with Gasteiger partial charge in [0.15, 0.2) is 0 Å². The van der Waals surface area contributed by atoms with Crippen LogP contribution in [0.15, 0.2) is 4.90 Å². The molecule has 2 aromatic rings. The molecule has 0 aliphatic heterocycles. The summed E-state index contributed by atoms with van der Waals surface area (Å²) >= 11 is 1.54. The Hall–Kier alpha value is -1.24. The number of nitrogens with one attached hydrogen (secondary N) is 1. The molecule has 1 aromatic heterocycles. The Kier molecular flexibility index (Phi) is 5.23. The first-order valence-electron chi connectivity index (χ1n) is 8.00. The number of hydrogen-bond acceptors (Lipinski definition) is 4. The van der Waals surface area contributed by atoms with E-state index in [9.17, 15) is 8.42 Å². The third kappa shape index (κ3) is 3.27. The average Bonchev–Trinajstić information content (AvgIpc) is 2.81. The van der Waals surface area contributed by atoms with Gasteiger partial charge in [0.25, 0.3) is 0 Å². The zero-order chi connectivity index (χ0) is 18.4. The maximum Gasteiger partial charge on any atom is 0.241 e. The summed E-state index contributed by atoms with van der Waals surface area (Å²) in [5.41, 5.74) is 5.77. The van der Waals surface area contributed by atoms with E-state index in [1.165, 1.54) is 11.3 Å². The van der Waals surface area contributed by atoms with Crippen molar-refractivity contribution in [2.24, 2.45) is 0 Å². The Bertz CT molecular complexity index is 867. The molecular weight excluding hydrogens is 340 g/mol. The first-order chi connectivity index (χ1) is 11.0. The zero-order valence-electron chi connectivity index (χ0n) is 15.7. The highest BCUT2D eigenvalue weighted by molar-refractivity contribution is 7.89. The lowest BCUT2D eigenvalue weighted by atomic mass is 9.95. The maximum absolute atomic E-state index is 13.1. The molecular formula is C18H26N2O2S2. The van der Waals surface area contributed by atoms with E-state index in [2.05, 4.69) is 9.71 Å². The van der Waals surface area contributed by atoms with Crippen LogP contribution < -0.4 is 4.72 Å². The topological polar surface area (TPSA) is 59.1 Å².